The SMILES string of the molecule is CCCNC[C@]1(O)[C@H](C)O[C@@H](O[C@H]2CC[C@H](OC)CCC(=O)[C@H](C)[C@@H](O)[C@H](O)COC(=O)[C@@H]2C)C[C@@]1(C)OC. The molecule has 2 saturated heterocycles. The summed E-state index contributed by atoms with van der Waals surface area (Å²) in [4.78, 5) is 25.6. The lowest BCUT2D eigenvalue weighted by Crippen LogP contribution is -2.69. The first-order chi connectivity index (χ1) is 18.3. The molecule has 0 aliphatic carbocycles. The maximum atomic E-state index is 13.0. The van der Waals surface area contributed by atoms with Crippen molar-refractivity contribution in [1.29, 1.82) is 0 Å². The molecule has 0 saturated carbocycles. The van der Waals surface area contributed by atoms with Crippen LogP contribution in [0, 0.1) is 11.8 Å². The van der Waals surface area contributed by atoms with Crippen molar-refractivity contribution in [2.45, 2.75) is 121 Å². The van der Waals surface area contributed by atoms with Gasteiger partial charge in [-0.15, -0.1) is 0 Å². The molecule has 228 valence electrons. The molecule has 11 nitrogen and oxygen atoms in total. The molecule has 0 radical (unpaired) electrons. The zero-order chi connectivity index (χ0) is 29.4. The van der Waals surface area contributed by atoms with Crippen LogP contribution < -0.4 is 5.32 Å². The predicted molar refractivity (Wildman–Crippen MR) is 143 cm³/mol. The molecule has 10 atom stereocenters. The van der Waals surface area contributed by atoms with E-state index in [1.165, 1.54) is 0 Å². The second-order valence-corrected chi connectivity index (χ2v) is 11.3. The minimum absolute atomic E-state index is 0.185. The van der Waals surface area contributed by atoms with Crippen molar-refractivity contribution in [1.82, 2.24) is 5.32 Å². The smallest absolute Gasteiger partial charge is 0.311 e. The molecule has 0 aromatic heterocycles. The van der Waals surface area contributed by atoms with Crippen LogP contribution in [0.15, 0.2) is 0 Å². The van der Waals surface area contributed by atoms with Crippen LogP contribution in [0.1, 0.15) is 73.1 Å². The summed E-state index contributed by atoms with van der Waals surface area (Å²) in [7, 11) is 3.11. The highest BCUT2D eigenvalue weighted by Gasteiger charge is 2.57. The van der Waals surface area contributed by atoms with E-state index >= 15 is 0 Å². The van der Waals surface area contributed by atoms with Crippen LogP contribution in [-0.2, 0) is 33.3 Å². The standard InChI is InChI=1S/C28H51NO10/c1-8-13-29-16-28(34)19(4)38-24(14-27(28,5)36-7)39-23-12-10-20(35-6)9-11-21(30)17(2)25(32)22(31)15-37-26(33)18(23)3/h17-20,22-25,29,31-32,34H,8-16H2,1-7H3/t17-,18+,19-,20+,22+,23-,24-,25+,27+,28-/m0/s1. The molecular weight excluding hydrogens is 510 g/mol. The summed E-state index contributed by atoms with van der Waals surface area (Å²) in [5.74, 6) is -2.33. The number of Topliss-reactive ketones (excluding diaryl/α,β-unsaturated/α-hetero) is 1. The number of cyclic esters (lactones) is 1. The fraction of sp³-hybridized carbons (Fsp3) is 0.929. The van der Waals surface area contributed by atoms with E-state index in [1.807, 2.05) is 13.8 Å². The maximum Gasteiger partial charge on any atom is 0.311 e. The number of ketones is 1. The van der Waals surface area contributed by atoms with E-state index in [4.69, 9.17) is 23.7 Å². The Morgan fingerprint density at radius 1 is 1.08 bits per heavy atom. The number of hydrogen-bond acceptors (Lipinski definition) is 11. The highest BCUT2D eigenvalue weighted by Crippen LogP contribution is 2.41. The Morgan fingerprint density at radius 2 is 1.77 bits per heavy atom. The van der Waals surface area contributed by atoms with Crippen LogP contribution in [0.5, 0.6) is 0 Å². The van der Waals surface area contributed by atoms with E-state index < -0.39 is 66.3 Å². The van der Waals surface area contributed by atoms with Gasteiger partial charge in [0.05, 0.1) is 30.3 Å². The molecule has 2 rings (SSSR count). The summed E-state index contributed by atoms with van der Waals surface area (Å²) in [6, 6.07) is 0. The zero-order valence-electron chi connectivity index (χ0n) is 24.7. The van der Waals surface area contributed by atoms with Crippen molar-refractivity contribution in [2.75, 3.05) is 33.9 Å². The lowest BCUT2D eigenvalue weighted by Gasteiger charge is -2.53. The summed E-state index contributed by atoms with van der Waals surface area (Å²) in [6.07, 6.45) is -2.38. The average Bonchev–Trinajstić information content (AvgIpc) is 2.92. The molecule has 2 aliphatic rings. The van der Waals surface area contributed by atoms with Gasteiger partial charge in [0.1, 0.15) is 29.7 Å². The van der Waals surface area contributed by atoms with Crippen LogP contribution in [0.3, 0.4) is 0 Å². The molecule has 0 aromatic rings. The van der Waals surface area contributed by atoms with Gasteiger partial charge in [-0.3, -0.25) is 9.59 Å². The molecular formula is C28H51NO10. The zero-order valence-corrected chi connectivity index (χ0v) is 24.7. The molecule has 39 heavy (non-hydrogen) atoms. The van der Waals surface area contributed by atoms with Gasteiger partial charge in [0.15, 0.2) is 6.29 Å². The first kappa shape index (κ1) is 34.0. The fourth-order valence-corrected chi connectivity index (χ4v) is 5.40. The molecule has 2 fully saturated rings. The number of aliphatic hydroxyl groups is 3. The average molecular weight is 562 g/mol. The molecule has 0 aromatic carbocycles. The Morgan fingerprint density at radius 3 is 2.38 bits per heavy atom. The quantitative estimate of drug-likeness (QED) is 0.251. The summed E-state index contributed by atoms with van der Waals surface area (Å²) in [5.41, 5.74) is -2.31. The third kappa shape index (κ3) is 8.42. The number of methoxy groups -OCH3 is 2. The van der Waals surface area contributed by atoms with Crippen molar-refractivity contribution in [2.24, 2.45) is 11.8 Å². The lowest BCUT2D eigenvalue weighted by atomic mass is 9.75. The van der Waals surface area contributed by atoms with Crippen molar-refractivity contribution < 1.29 is 48.6 Å². The molecule has 11 heteroatoms. The van der Waals surface area contributed by atoms with Gasteiger partial charge >= 0.3 is 5.97 Å². The Hall–Kier alpha value is -1.18. The second-order valence-electron chi connectivity index (χ2n) is 11.3. The van der Waals surface area contributed by atoms with E-state index in [1.54, 1.807) is 35.0 Å². The molecule has 2 aliphatic heterocycles. The first-order valence-corrected chi connectivity index (χ1v) is 14.2. The van der Waals surface area contributed by atoms with Gasteiger partial charge in [-0.05, 0) is 53.0 Å². The number of carbonyl (C=O) groups is 2. The van der Waals surface area contributed by atoms with Crippen LogP contribution >= 0.6 is 0 Å². The Kier molecular flexibility index (Phi) is 13.2. The fourth-order valence-electron chi connectivity index (χ4n) is 5.40. The minimum atomic E-state index is -1.40. The van der Waals surface area contributed by atoms with Gasteiger partial charge in [-0.2, -0.15) is 0 Å². The largest absolute Gasteiger partial charge is 0.463 e. The lowest BCUT2D eigenvalue weighted by molar-refractivity contribution is -0.325. The molecule has 0 spiro atoms. The number of rotatable bonds is 8. The predicted octanol–water partition coefficient (Wildman–Crippen LogP) is 1.34. The summed E-state index contributed by atoms with van der Waals surface area (Å²) in [6.45, 7) is 9.47. The molecule has 0 bridgehead atoms. The molecule has 0 amide bonds. The van der Waals surface area contributed by atoms with E-state index in [2.05, 4.69) is 5.32 Å². The first-order valence-electron chi connectivity index (χ1n) is 14.2. The van der Waals surface area contributed by atoms with Crippen LogP contribution in [-0.4, -0.2) is 109 Å². The molecule has 4 N–H and O–H groups in total. The number of esters is 1. The summed E-state index contributed by atoms with van der Waals surface area (Å²) < 4.78 is 29.3. The highest BCUT2D eigenvalue weighted by atomic mass is 16.7. The monoisotopic (exact) mass is 561 g/mol. The summed E-state index contributed by atoms with van der Waals surface area (Å²) in [5, 5.41) is 35.6. The second kappa shape index (κ2) is 15.2. The van der Waals surface area contributed by atoms with Crippen LogP contribution in [0.4, 0.5) is 0 Å². The van der Waals surface area contributed by atoms with E-state index in [0.717, 1.165) is 13.0 Å². The number of ether oxygens (including phenoxy) is 5. The topological polar surface area (TPSA) is 153 Å². The van der Waals surface area contributed by atoms with Gasteiger partial charge in [0.2, 0.25) is 0 Å². The summed E-state index contributed by atoms with van der Waals surface area (Å²) >= 11 is 0. The van der Waals surface area contributed by atoms with Gasteiger partial charge in [-0.25, -0.2) is 0 Å². The molecule has 0 unspecified atom stereocenters. The number of aliphatic hydroxyl groups excluding tert-OH is 2. The third-order valence-corrected chi connectivity index (χ3v) is 8.66. The Bertz CT molecular complexity index is 783. The molecule has 2 heterocycles. The number of carbonyl (C=O) groups excluding carboxylic acids is 2. The Labute approximate surface area is 232 Å². The number of nitrogens with one attached hydrogen (secondary N) is 1. The van der Waals surface area contributed by atoms with E-state index in [0.29, 0.717) is 19.3 Å². The normalized spacial score (nSPS) is 41.6. The van der Waals surface area contributed by atoms with Gasteiger partial charge < -0.3 is 44.3 Å². The Balaban J connectivity index is 2.23. The van der Waals surface area contributed by atoms with Crippen molar-refractivity contribution in [3.63, 3.8) is 0 Å². The maximum absolute atomic E-state index is 13.0. The van der Waals surface area contributed by atoms with Crippen LogP contribution in [0.25, 0.3) is 0 Å². The van der Waals surface area contributed by atoms with Crippen molar-refractivity contribution in [3.8, 4) is 0 Å². The highest BCUT2D eigenvalue weighted by molar-refractivity contribution is 5.81. The third-order valence-electron chi connectivity index (χ3n) is 8.66. The van der Waals surface area contributed by atoms with E-state index in [9.17, 15) is 24.9 Å². The van der Waals surface area contributed by atoms with E-state index in [-0.39, 0.29) is 31.3 Å². The minimum Gasteiger partial charge on any atom is -0.463 e. The van der Waals surface area contributed by atoms with Crippen LogP contribution in [0.2, 0.25) is 0 Å². The van der Waals surface area contributed by atoms with Gasteiger partial charge in [-0.1, -0.05) is 13.8 Å². The van der Waals surface area contributed by atoms with Gasteiger partial charge in [0, 0.05) is 39.5 Å². The van der Waals surface area contributed by atoms with Crippen molar-refractivity contribution in [3.05, 3.63) is 0 Å². The number of hydrogen-bond donors (Lipinski definition) is 4. The van der Waals surface area contributed by atoms with Crippen molar-refractivity contribution >= 4 is 11.8 Å². The van der Waals surface area contributed by atoms with Gasteiger partial charge in [0.25, 0.3) is 0 Å².